The summed E-state index contributed by atoms with van der Waals surface area (Å²) in [5, 5.41) is 0. The topological polar surface area (TPSA) is 70.1 Å². The first-order chi connectivity index (χ1) is 9.09. The minimum absolute atomic E-state index is 0.283. The van der Waals surface area contributed by atoms with Crippen molar-refractivity contribution in [3.63, 3.8) is 0 Å². The molecule has 0 saturated carbocycles. The van der Waals surface area contributed by atoms with E-state index >= 15 is 0 Å². The molecule has 0 unspecified atom stereocenters. The lowest BCUT2D eigenvalue weighted by molar-refractivity contribution is 0.0506. The first kappa shape index (κ1) is 13.6. The van der Waals surface area contributed by atoms with Gasteiger partial charge in [-0.25, -0.2) is 9.78 Å². The fraction of sp³-hybridized carbons (Fsp3) is 0.231. The van der Waals surface area contributed by atoms with Crippen molar-refractivity contribution in [1.29, 1.82) is 0 Å². The molecule has 5 nitrogen and oxygen atoms in total. The Labute approximate surface area is 119 Å². The number of esters is 1. The van der Waals surface area contributed by atoms with Crippen LogP contribution in [0.3, 0.4) is 0 Å². The Morgan fingerprint density at radius 3 is 3.00 bits per heavy atom. The van der Waals surface area contributed by atoms with Crippen molar-refractivity contribution >= 4 is 27.6 Å². The van der Waals surface area contributed by atoms with Gasteiger partial charge in [0.15, 0.2) is 0 Å². The van der Waals surface area contributed by atoms with Gasteiger partial charge in [-0.1, -0.05) is 6.07 Å². The molecular weight excluding hydrogens is 310 g/mol. The number of hydrogen-bond donors (Lipinski definition) is 1. The molecule has 0 amide bonds. The highest BCUT2D eigenvalue weighted by molar-refractivity contribution is 9.10. The Kier molecular flexibility index (Phi) is 4.21. The van der Waals surface area contributed by atoms with E-state index in [-0.39, 0.29) is 6.61 Å². The molecule has 0 aliphatic rings. The number of carbonyl (C=O) groups excluding carboxylic acids is 1. The Bertz CT molecular complexity index is 595. The quantitative estimate of drug-likeness (QED) is 0.691. The van der Waals surface area contributed by atoms with Crippen molar-refractivity contribution in [2.45, 2.75) is 6.42 Å². The number of anilines is 1. The normalized spacial score (nSPS) is 10.4. The van der Waals surface area contributed by atoms with Crippen LogP contribution in [-0.2, 0) is 18.2 Å². The van der Waals surface area contributed by atoms with Crippen LogP contribution in [-0.4, -0.2) is 22.1 Å². The lowest BCUT2D eigenvalue weighted by Gasteiger charge is -2.07. The van der Waals surface area contributed by atoms with E-state index in [4.69, 9.17) is 10.5 Å². The van der Waals surface area contributed by atoms with Gasteiger partial charge in [0.05, 0.1) is 16.6 Å². The highest BCUT2D eigenvalue weighted by atomic mass is 79.9. The van der Waals surface area contributed by atoms with Crippen molar-refractivity contribution < 1.29 is 9.53 Å². The second kappa shape index (κ2) is 5.88. The van der Waals surface area contributed by atoms with E-state index in [1.54, 1.807) is 24.4 Å². The standard InChI is InChI=1S/C13H14BrN3O2/c1-17-7-6-16-11(17)5-8-19-13(18)9-3-2-4-10(15)12(9)14/h2-4,6-7H,5,8,15H2,1H3. The Morgan fingerprint density at radius 1 is 1.53 bits per heavy atom. The van der Waals surface area contributed by atoms with E-state index in [1.165, 1.54) is 0 Å². The number of carbonyl (C=O) groups is 1. The van der Waals surface area contributed by atoms with Gasteiger partial charge >= 0.3 is 5.97 Å². The molecule has 100 valence electrons. The van der Waals surface area contributed by atoms with Gasteiger partial charge in [0.2, 0.25) is 0 Å². The van der Waals surface area contributed by atoms with Crippen LogP contribution in [0.4, 0.5) is 5.69 Å². The smallest absolute Gasteiger partial charge is 0.339 e. The summed E-state index contributed by atoms with van der Waals surface area (Å²) in [7, 11) is 1.90. The molecular formula is C13H14BrN3O2. The number of nitrogens with zero attached hydrogens (tertiary/aromatic N) is 2. The predicted molar refractivity (Wildman–Crippen MR) is 75.7 cm³/mol. The lowest BCUT2D eigenvalue weighted by atomic mass is 10.2. The van der Waals surface area contributed by atoms with Gasteiger partial charge in [0.1, 0.15) is 5.82 Å². The first-order valence-electron chi connectivity index (χ1n) is 5.77. The van der Waals surface area contributed by atoms with Crippen molar-refractivity contribution in [3.05, 3.63) is 46.5 Å². The number of ether oxygens (including phenoxy) is 1. The molecule has 0 spiro atoms. The zero-order valence-corrected chi connectivity index (χ0v) is 12.1. The third-order valence-corrected chi connectivity index (χ3v) is 3.61. The van der Waals surface area contributed by atoms with Crippen LogP contribution < -0.4 is 5.73 Å². The van der Waals surface area contributed by atoms with Gasteiger partial charge in [0, 0.05) is 31.5 Å². The monoisotopic (exact) mass is 323 g/mol. The third kappa shape index (κ3) is 3.14. The molecule has 0 radical (unpaired) electrons. The fourth-order valence-electron chi connectivity index (χ4n) is 1.66. The molecule has 2 aromatic rings. The Hall–Kier alpha value is -1.82. The second-order valence-corrected chi connectivity index (χ2v) is 4.84. The van der Waals surface area contributed by atoms with E-state index in [2.05, 4.69) is 20.9 Å². The maximum absolute atomic E-state index is 11.9. The van der Waals surface area contributed by atoms with Crippen molar-refractivity contribution in [3.8, 4) is 0 Å². The zero-order valence-electron chi connectivity index (χ0n) is 10.5. The number of nitrogens with two attached hydrogens (primary N) is 1. The van der Waals surface area contributed by atoms with Gasteiger partial charge in [-0.15, -0.1) is 0 Å². The largest absolute Gasteiger partial charge is 0.462 e. The number of aromatic nitrogens is 2. The molecule has 2 rings (SSSR count). The van der Waals surface area contributed by atoms with Gasteiger partial charge in [-0.05, 0) is 28.1 Å². The number of imidazole rings is 1. The van der Waals surface area contributed by atoms with Crippen molar-refractivity contribution in [2.75, 3.05) is 12.3 Å². The first-order valence-corrected chi connectivity index (χ1v) is 6.56. The third-order valence-electron chi connectivity index (χ3n) is 2.73. The van der Waals surface area contributed by atoms with Crippen LogP contribution in [0.2, 0.25) is 0 Å². The number of hydrogen-bond acceptors (Lipinski definition) is 4. The fourth-order valence-corrected chi connectivity index (χ4v) is 2.08. The molecule has 0 atom stereocenters. The van der Waals surface area contributed by atoms with E-state index in [0.29, 0.717) is 22.1 Å². The summed E-state index contributed by atoms with van der Waals surface area (Å²) < 4.78 is 7.67. The minimum atomic E-state index is -0.395. The highest BCUT2D eigenvalue weighted by Gasteiger charge is 2.13. The molecule has 1 heterocycles. The molecule has 2 N–H and O–H groups in total. The molecule has 1 aromatic carbocycles. The van der Waals surface area contributed by atoms with Gasteiger partial charge in [-0.2, -0.15) is 0 Å². The highest BCUT2D eigenvalue weighted by Crippen LogP contribution is 2.24. The number of nitrogen functional groups attached to an aromatic ring is 1. The number of rotatable bonds is 4. The summed E-state index contributed by atoms with van der Waals surface area (Å²) in [6, 6.07) is 5.10. The average molecular weight is 324 g/mol. The Morgan fingerprint density at radius 2 is 2.32 bits per heavy atom. The molecule has 6 heteroatoms. The molecule has 0 fully saturated rings. The number of benzene rings is 1. The molecule has 19 heavy (non-hydrogen) atoms. The predicted octanol–water partition coefficient (Wildman–Crippen LogP) is 2.16. The summed E-state index contributed by atoms with van der Waals surface area (Å²) in [5.41, 5.74) is 6.66. The lowest BCUT2D eigenvalue weighted by Crippen LogP contribution is -2.11. The van der Waals surface area contributed by atoms with Crippen LogP contribution >= 0.6 is 15.9 Å². The van der Waals surface area contributed by atoms with Crippen molar-refractivity contribution in [1.82, 2.24) is 9.55 Å². The summed E-state index contributed by atoms with van der Waals surface area (Å²) in [6.45, 7) is 0.283. The minimum Gasteiger partial charge on any atom is -0.462 e. The summed E-state index contributed by atoms with van der Waals surface area (Å²) in [5.74, 6) is 0.479. The molecule has 0 aliphatic heterocycles. The zero-order chi connectivity index (χ0) is 13.8. The number of halogens is 1. The van der Waals surface area contributed by atoms with Crippen LogP contribution in [0.25, 0.3) is 0 Å². The molecule has 1 aromatic heterocycles. The van der Waals surface area contributed by atoms with E-state index in [0.717, 1.165) is 5.82 Å². The maximum Gasteiger partial charge on any atom is 0.339 e. The van der Waals surface area contributed by atoms with Gasteiger partial charge < -0.3 is 15.0 Å². The molecule has 0 saturated heterocycles. The maximum atomic E-state index is 11.9. The van der Waals surface area contributed by atoms with Gasteiger partial charge in [-0.3, -0.25) is 0 Å². The molecule has 0 aliphatic carbocycles. The molecule has 0 bridgehead atoms. The van der Waals surface area contributed by atoms with E-state index in [9.17, 15) is 4.79 Å². The van der Waals surface area contributed by atoms with E-state index in [1.807, 2.05) is 17.8 Å². The number of aryl methyl sites for hydroxylation is 1. The van der Waals surface area contributed by atoms with Crippen LogP contribution in [0, 0.1) is 0 Å². The van der Waals surface area contributed by atoms with Gasteiger partial charge in [0.25, 0.3) is 0 Å². The van der Waals surface area contributed by atoms with Crippen LogP contribution in [0.15, 0.2) is 35.1 Å². The Balaban J connectivity index is 1.95. The van der Waals surface area contributed by atoms with Crippen molar-refractivity contribution in [2.24, 2.45) is 7.05 Å². The summed E-state index contributed by atoms with van der Waals surface area (Å²) in [6.07, 6.45) is 4.15. The van der Waals surface area contributed by atoms with E-state index < -0.39 is 5.97 Å². The average Bonchev–Trinajstić information content (AvgIpc) is 2.78. The van der Waals surface area contributed by atoms with Crippen LogP contribution in [0.5, 0.6) is 0 Å². The second-order valence-electron chi connectivity index (χ2n) is 4.05. The SMILES string of the molecule is Cn1ccnc1CCOC(=O)c1cccc(N)c1Br. The van der Waals surface area contributed by atoms with Crippen LogP contribution in [0.1, 0.15) is 16.2 Å². The summed E-state index contributed by atoms with van der Waals surface area (Å²) >= 11 is 3.28. The summed E-state index contributed by atoms with van der Waals surface area (Å²) in [4.78, 5) is 16.1.